The van der Waals surface area contributed by atoms with Gasteiger partial charge in [0.2, 0.25) is 0 Å². The Labute approximate surface area is 188 Å². The Morgan fingerprint density at radius 2 is 1.88 bits per heavy atom. The second-order valence-electron chi connectivity index (χ2n) is 7.80. The van der Waals surface area contributed by atoms with E-state index in [4.69, 9.17) is 9.47 Å². The van der Waals surface area contributed by atoms with Crippen LogP contribution in [0, 0.1) is 6.92 Å². The van der Waals surface area contributed by atoms with Crippen LogP contribution in [0.1, 0.15) is 47.3 Å². The van der Waals surface area contributed by atoms with E-state index >= 15 is 0 Å². The summed E-state index contributed by atoms with van der Waals surface area (Å²) in [5, 5.41) is 6.93. The number of nitrogens with one attached hydrogen (secondary N) is 1. The summed E-state index contributed by atoms with van der Waals surface area (Å²) < 4.78 is 51.1. The van der Waals surface area contributed by atoms with Gasteiger partial charge in [0.15, 0.2) is 17.3 Å². The van der Waals surface area contributed by atoms with E-state index in [9.17, 15) is 18.0 Å². The highest BCUT2D eigenvalue weighted by atomic mass is 19.4. The van der Waals surface area contributed by atoms with Crippen molar-refractivity contribution in [3.8, 4) is 17.3 Å². The minimum Gasteiger partial charge on any atom is -0.493 e. The van der Waals surface area contributed by atoms with Crippen molar-refractivity contribution in [2.24, 2.45) is 0 Å². The van der Waals surface area contributed by atoms with Crippen molar-refractivity contribution in [1.29, 1.82) is 0 Å². The minimum absolute atomic E-state index is 0.126. The number of anilines is 1. The SMILES string of the molecule is COc1ccc(NC(=O)c2cnn(-c3ccc(C(F)(F)F)cn3)c2C)cc1OC1CCCC1. The fourth-order valence-electron chi connectivity index (χ4n) is 3.77. The van der Waals surface area contributed by atoms with Gasteiger partial charge in [0, 0.05) is 18.0 Å². The zero-order valence-corrected chi connectivity index (χ0v) is 18.1. The van der Waals surface area contributed by atoms with Crippen LogP contribution in [0.2, 0.25) is 0 Å². The molecule has 1 saturated carbocycles. The number of ether oxygens (including phenoxy) is 2. The number of halogens is 3. The molecule has 0 radical (unpaired) electrons. The van der Waals surface area contributed by atoms with Gasteiger partial charge in [0.05, 0.1) is 36.2 Å². The van der Waals surface area contributed by atoms with Gasteiger partial charge in [0.25, 0.3) is 5.91 Å². The Balaban J connectivity index is 1.52. The molecule has 0 spiro atoms. The molecule has 0 saturated heterocycles. The number of aromatic nitrogens is 3. The molecule has 0 atom stereocenters. The summed E-state index contributed by atoms with van der Waals surface area (Å²) in [7, 11) is 1.56. The van der Waals surface area contributed by atoms with Crippen molar-refractivity contribution in [3.05, 3.63) is 59.5 Å². The van der Waals surface area contributed by atoms with E-state index in [-0.39, 0.29) is 17.5 Å². The lowest BCUT2D eigenvalue weighted by atomic mass is 10.2. The molecule has 1 aliphatic carbocycles. The quantitative estimate of drug-likeness (QED) is 0.549. The molecule has 1 aliphatic rings. The van der Waals surface area contributed by atoms with Crippen LogP contribution in [0.3, 0.4) is 0 Å². The van der Waals surface area contributed by atoms with Crippen LogP contribution in [-0.2, 0) is 6.18 Å². The number of nitrogens with zero attached hydrogens (tertiary/aromatic N) is 3. The van der Waals surface area contributed by atoms with Crippen molar-refractivity contribution in [2.75, 3.05) is 12.4 Å². The maximum absolute atomic E-state index is 12.9. The molecule has 10 heteroatoms. The van der Waals surface area contributed by atoms with Crippen LogP contribution in [-0.4, -0.2) is 33.9 Å². The van der Waals surface area contributed by atoms with Gasteiger partial charge >= 0.3 is 6.18 Å². The first-order valence-electron chi connectivity index (χ1n) is 10.5. The zero-order chi connectivity index (χ0) is 23.6. The van der Waals surface area contributed by atoms with E-state index in [1.807, 2.05) is 0 Å². The highest BCUT2D eigenvalue weighted by molar-refractivity contribution is 6.05. The third kappa shape index (κ3) is 4.94. The van der Waals surface area contributed by atoms with Gasteiger partial charge < -0.3 is 14.8 Å². The van der Waals surface area contributed by atoms with Gasteiger partial charge in [-0.3, -0.25) is 4.79 Å². The van der Waals surface area contributed by atoms with Gasteiger partial charge in [-0.15, -0.1) is 0 Å². The van der Waals surface area contributed by atoms with Crippen LogP contribution in [0.15, 0.2) is 42.7 Å². The van der Waals surface area contributed by atoms with Crippen molar-refractivity contribution in [3.63, 3.8) is 0 Å². The summed E-state index contributed by atoms with van der Waals surface area (Å²) in [6, 6.07) is 7.27. The Bertz CT molecular complexity index is 1140. The van der Waals surface area contributed by atoms with Gasteiger partial charge in [-0.2, -0.15) is 18.3 Å². The second kappa shape index (κ2) is 9.13. The second-order valence-corrected chi connectivity index (χ2v) is 7.80. The predicted molar refractivity (Wildman–Crippen MR) is 115 cm³/mol. The Morgan fingerprint density at radius 1 is 1.12 bits per heavy atom. The molecule has 33 heavy (non-hydrogen) atoms. The molecule has 174 valence electrons. The number of benzene rings is 1. The minimum atomic E-state index is -4.48. The van der Waals surface area contributed by atoms with Gasteiger partial charge in [-0.25, -0.2) is 9.67 Å². The molecular formula is C23H23F3N4O3. The lowest BCUT2D eigenvalue weighted by Gasteiger charge is -2.17. The molecule has 4 rings (SSSR count). The molecule has 1 N–H and O–H groups in total. The van der Waals surface area contributed by atoms with Crippen LogP contribution in [0.25, 0.3) is 5.82 Å². The fraction of sp³-hybridized carbons (Fsp3) is 0.348. The van der Waals surface area contributed by atoms with E-state index in [2.05, 4.69) is 15.4 Å². The van der Waals surface area contributed by atoms with Crippen molar-refractivity contribution < 1.29 is 27.4 Å². The summed E-state index contributed by atoms with van der Waals surface area (Å²) in [6.45, 7) is 1.64. The number of hydrogen-bond acceptors (Lipinski definition) is 5. The molecule has 0 unspecified atom stereocenters. The number of alkyl halides is 3. The van der Waals surface area contributed by atoms with Crippen molar-refractivity contribution >= 4 is 11.6 Å². The third-order valence-electron chi connectivity index (χ3n) is 5.56. The molecule has 7 nitrogen and oxygen atoms in total. The number of methoxy groups -OCH3 is 1. The topological polar surface area (TPSA) is 78.3 Å². The van der Waals surface area contributed by atoms with Crippen molar-refractivity contribution in [2.45, 2.75) is 44.9 Å². The molecule has 2 heterocycles. The molecule has 3 aromatic rings. The van der Waals surface area contributed by atoms with E-state index in [0.717, 1.165) is 37.9 Å². The Hall–Kier alpha value is -3.56. The molecule has 1 fully saturated rings. The summed E-state index contributed by atoms with van der Waals surface area (Å²) in [6.07, 6.45) is 1.95. The van der Waals surface area contributed by atoms with Crippen LogP contribution < -0.4 is 14.8 Å². The van der Waals surface area contributed by atoms with Crippen LogP contribution in [0.5, 0.6) is 11.5 Å². The highest BCUT2D eigenvalue weighted by Crippen LogP contribution is 2.34. The standard InChI is InChI=1S/C23H23F3N4O3/c1-14-18(13-28-30(14)21-10-7-15(12-27-21)23(24,25)26)22(31)29-16-8-9-19(32-2)20(11-16)33-17-5-3-4-6-17/h7-13,17H,3-6H2,1-2H3,(H,29,31). The fourth-order valence-corrected chi connectivity index (χ4v) is 3.77. The smallest absolute Gasteiger partial charge is 0.417 e. The van der Waals surface area contributed by atoms with E-state index in [1.165, 1.54) is 16.9 Å². The van der Waals surface area contributed by atoms with Gasteiger partial charge in [0.1, 0.15) is 0 Å². The normalized spacial score (nSPS) is 14.3. The average molecular weight is 460 g/mol. The van der Waals surface area contributed by atoms with Crippen LogP contribution in [0.4, 0.5) is 18.9 Å². The van der Waals surface area contributed by atoms with Crippen molar-refractivity contribution in [1.82, 2.24) is 14.8 Å². The number of rotatable bonds is 6. The monoisotopic (exact) mass is 460 g/mol. The molecular weight excluding hydrogens is 437 g/mol. The number of carbonyl (C=O) groups is 1. The molecule has 0 aliphatic heterocycles. The van der Waals surface area contributed by atoms with Crippen LogP contribution >= 0.6 is 0 Å². The average Bonchev–Trinajstić information content (AvgIpc) is 3.43. The largest absolute Gasteiger partial charge is 0.493 e. The number of hydrogen-bond donors (Lipinski definition) is 1. The molecule has 1 aromatic carbocycles. The third-order valence-corrected chi connectivity index (χ3v) is 5.56. The number of amides is 1. The number of pyridine rings is 1. The van der Waals surface area contributed by atoms with Gasteiger partial charge in [-0.05, 0) is 56.9 Å². The molecule has 2 aromatic heterocycles. The predicted octanol–water partition coefficient (Wildman–Crippen LogP) is 5.18. The maximum Gasteiger partial charge on any atom is 0.417 e. The molecule has 0 bridgehead atoms. The summed E-state index contributed by atoms with van der Waals surface area (Å²) >= 11 is 0. The lowest BCUT2D eigenvalue weighted by molar-refractivity contribution is -0.137. The van der Waals surface area contributed by atoms with E-state index in [1.54, 1.807) is 32.2 Å². The summed E-state index contributed by atoms with van der Waals surface area (Å²) in [5.74, 6) is 0.903. The Morgan fingerprint density at radius 3 is 2.52 bits per heavy atom. The first-order valence-corrected chi connectivity index (χ1v) is 10.5. The number of carbonyl (C=O) groups excluding carboxylic acids is 1. The highest BCUT2D eigenvalue weighted by Gasteiger charge is 2.31. The lowest BCUT2D eigenvalue weighted by Crippen LogP contribution is -2.15. The zero-order valence-electron chi connectivity index (χ0n) is 18.1. The summed E-state index contributed by atoms with van der Waals surface area (Å²) in [5.41, 5.74) is 0.374. The Kier molecular flexibility index (Phi) is 6.26. The maximum atomic E-state index is 12.9. The van der Waals surface area contributed by atoms with E-state index < -0.39 is 17.6 Å². The van der Waals surface area contributed by atoms with E-state index in [0.29, 0.717) is 22.9 Å². The van der Waals surface area contributed by atoms with Gasteiger partial charge in [-0.1, -0.05) is 0 Å². The molecule has 1 amide bonds. The first-order chi connectivity index (χ1) is 15.8. The first kappa shape index (κ1) is 22.6. The summed E-state index contributed by atoms with van der Waals surface area (Å²) in [4.78, 5) is 16.7.